The second kappa shape index (κ2) is 8.35. The molecule has 0 heterocycles. The molecule has 2 N–H and O–H groups in total. The minimum Gasteiger partial charge on any atom is -0.481 e. The molecule has 2 atom stereocenters. The SMILES string of the molecule is CCCC(C)CC(=O)NCC(C(=O)O)c1ccccc1. The largest absolute Gasteiger partial charge is 0.481 e. The maximum atomic E-state index is 11.8. The Balaban J connectivity index is 2.52. The van der Waals surface area contributed by atoms with E-state index in [2.05, 4.69) is 12.2 Å². The molecule has 0 aliphatic heterocycles. The summed E-state index contributed by atoms with van der Waals surface area (Å²) in [6.45, 7) is 4.26. The number of rotatable bonds is 8. The molecule has 0 fully saturated rings. The molecule has 4 nitrogen and oxygen atoms in total. The van der Waals surface area contributed by atoms with Gasteiger partial charge in [0.2, 0.25) is 5.91 Å². The molecular weight excluding hydrogens is 254 g/mol. The van der Waals surface area contributed by atoms with E-state index in [0.717, 1.165) is 12.8 Å². The Bertz CT molecular complexity index is 431. The van der Waals surface area contributed by atoms with Gasteiger partial charge in [0.1, 0.15) is 0 Å². The van der Waals surface area contributed by atoms with Crippen LogP contribution in [0.1, 0.15) is 44.6 Å². The number of nitrogens with one attached hydrogen (secondary N) is 1. The first-order valence-corrected chi connectivity index (χ1v) is 7.09. The molecular formula is C16H23NO3. The van der Waals surface area contributed by atoms with E-state index in [1.165, 1.54) is 0 Å². The van der Waals surface area contributed by atoms with Crippen LogP contribution in [-0.2, 0) is 9.59 Å². The highest BCUT2D eigenvalue weighted by atomic mass is 16.4. The number of carbonyl (C=O) groups excluding carboxylic acids is 1. The van der Waals surface area contributed by atoms with E-state index in [1.54, 1.807) is 24.3 Å². The molecule has 0 aliphatic rings. The maximum Gasteiger partial charge on any atom is 0.312 e. The van der Waals surface area contributed by atoms with Gasteiger partial charge in [-0.1, -0.05) is 57.0 Å². The van der Waals surface area contributed by atoms with Crippen LogP contribution < -0.4 is 5.32 Å². The third-order valence-electron chi connectivity index (χ3n) is 3.32. The highest BCUT2D eigenvalue weighted by molar-refractivity contribution is 5.79. The number of hydrogen-bond donors (Lipinski definition) is 2. The first-order chi connectivity index (χ1) is 9.54. The average molecular weight is 277 g/mol. The fraction of sp³-hybridized carbons (Fsp3) is 0.500. The number of carboxylic acid groups (broad SMARTS) is 1. The van der Waals surface area contributed by atoms with Crippen LogP contribution in [0.4, 0.5) is 0 Å². The lowest BCUT2D eigenvalue weighted by Gasteiger charge is -2.15. The summed E-state index contributed by atoms with van der Waals surface area (Å²) < 4.78 is 0. The summed E-state index contributed by atoms with van der Waals surface area (Å²) in [5.41, 5.74) is 0.710. The second-order valence-electron chi connectivity index (χ2n) is 5.20. The Morgan fingerprint density at radius 1 is 1.25 bits per heavy atom. The second-order valence-corrected chi connectivity index (χ2v) is 5.20. The lowest BCUT2D eigenvalue weighted by atomic mass is 9.98. The maximum absolute atomic E-state index is 11.8. The zero-order valence-corrected chi connectivity index (χ0v) is 12.1. The monoisotopic (exact) mass is 277 g/mol. The molecule has 4 heteroatoms. The summed E-state index contributed by atoms with van der Waals surface area (Å²) in [5.74, 6) is -1.35. The van der Waals surface area contributed by atoms with Crippen LogP contribution in [0.3, 0.4) is 0 Å². The lowest BCUT2D eigenvalue weighted by Crippen LogP contribution is -2.32. The van der Waals surface area contributed by atoms with Crippen molar-refractivity contribution in [3.8, 4) is 0 Å². The standard InChI is InChI=1S/C16H23NO3/c1-3-7-12(2)10-15(18)17-11-14(16(19)20)13-8-5-4-6-9-13/h4-6,8-9,12,14H,3,7,10-11H2,1-2H3,(H,17,18)(H,19,20). The minimum absolute atomic E-state index is 0.0758. The molecule has 2 unspecified atom stereocenters. The predicted molar refractivity (Wildman–Crippen MR) is 78.5 cm³/mol. The Kier molecular flexibility index (Phi) is 6.77. The van der Waals surface area contributed by atoms with Crippen LogP contribution in [0.2, 0.25) is 0 Å². The molecule has 0 saturated carbocycles. The van der Waals surface area contributed by atoms with Gasteiger partial charge in [-0.3, -0.25) is 9.59 Å². The highest BCUT2D eigenvalue weighted by Gasteiger charge is 2.20. The van der Waals surface area contributed by atoms with Crippen molar-refractivity contribution in [1.29, 1.82) is 0 Å². The quantitative estimate of drug-likeness (QED) is 0.768. The van der Waals surface area contributed by atoms with Gasteiger partial charge < -0.3 is 10.4 Å². The third kappa shape index (κ3) is 5.43. The predicted octanol–water partition coefficient (Wildman–Crippen LogP) is 2.80. The van der Waals surface area contributed by atoms with Crippen LogP contribution in [0, 0.1) is 5.92 Å². The van der Waals surface area contributed by atoms with Gasteiger partial charge in [0.25, 0.3) is 0 Å². The van der Waals surface area contributed by atoms with Crippen LogP contribution in [0.5, 0.6) is 0 Å². The van der Waals surface area contributed by atoms with Crippen LogP contribution >= 0.6 is 0 Å². The molecule has 1 aromatic carbocycles. The van der Waals surface area contributed by atoms with Crippen molar-refractivity contribution in [2.24, 2.45) is 5.92 Å². The Morgan fingerprint density at radius 2 is 1.90 bits per heavy atom. The topological polar surface area (TPSA) is 66.4 Å². The summed E-state index contributed by atoms with van der Waals surface area (Å²) in [6.07, 6.45) is 2.51. The molecule has 0 saturated heterocycles. The summed E-state index contributed by atoms with van der Waals surface area (Å²) in [4.78, 5) is 23.1. The first kappa shape index (κ1) is 16.2. The van der Waals surface area contributed by atoms with E-state index in [9.17, 15) is 14.7 Å². The molecule has 1 amide bonds. The van der Waals surface area contributed by atoms with E-state index >= 15 is 0 Å². The van der Waals surface area contributed by atoms with Gasteiger partial charge in [0.05, 0.1) is 5.92 Å². The van der Waals surface area contributed by atoms with Gasteiger partial charge >= 0.3 is 5.97 Å². The molecule has 0 aromatic heterocycles. The summed E-state index contributed by atoms with van der Waals surface area (Å²) in [7, 11) is 0. The minimum atomic E-state index is -0.918. The van der Waals surface area contributed by atoms with Crippen molar-refractivity contribution >= 4 is 11.9 Å². The van der Waals surface area contributed by atoms with Crippen molar-refractivity contribution in [3.05, 3.63) is 35.9 Å². The van der Waals surface area contributed by atoms with Crippen molar-refractivity contribution in [2.45, 2.75) is 39.0 Å². The molecule has 110 valence electrons. The fourth-order valence-electron chi connectivity index (χ4n) is 2.23. The zero-order chi connectivity index (χ0) is 15.0. The fourth-order valence-corrected chi connectivity index (χ4v) is 2.23. The number of carbonyl (C=O) groups is 2. The number of hydrogen-bond acceptors (Lipinski definition) is 2. The summed E-state index contributed by atoms with van der Waals surface area (Å²) in [6, 6.07) is 8.98. The molecule has 20 heavy (non-hydrogen) atoms. The van der Waals surface area contributed by atoms with Crippen LogP contribution in [0.25, 0.3) is 0 Å². The third-order valence-corrected chi connectivity index (χ3v) is 3.32. The number of benzene rings is 1. The zero-order valence-electron chi connectivity index (χ0n) is 12.1. The van der Waals surface area contributed by atoms with Gasteiger partial charge in [-0.2, -0.15) is 0 Å². The molecule has 0 aliphatic carbocycles. The number of amides is 1. The van der Waals surface area contributed by atoms with Gasteiger partial charge in [-0.15, -0.1) is 0 Å². The highest BCUT2D eigenvalue weighted by Crippen LogP contribution is 2.15. The first-order valence-electron chi connectivity index (χ1n) is 7.09. The van der Waals surface area contributed by atoms with E-state index in [0.29, 0.717) is 17.9 Å². The number of aliphatic carboxylic acids is 1. The van der Waals surface area contributed by atoms with E-state index < -0.39 is 11.9 Å². The van der Waals surface area contributed by atoms with Crippen molar-refractivity contribution in [3.63, 3.8) is 0 Å². The van der Waals surface area contributed by atoms with E-state index in [-0.39, 0.29) is 12.5 Å². The van der Waals surface area contributed by atoms with Gasteiger partial charge in [0.15, 0.2) is 0 Å². The summed E-state index contributed by atoms with van der Waals surface area (Å²) in [5, 5.41) is 12.0. The molecule has 0 radical (unpaired) electrons. The Hall–Kier alpha value is -1.84. The lowest BCUT2D eigenvalue weighted by molar-refractivity contribution is -0.138. The number of carboxylic acids is 1. The Labute approximate surface area is 120 Å². The van der Waals surface area contributed by atoms with Crippen LogP contribution in [0.15, 0.2) is 30.3 Å². The van der Waals surface area contributed by atoms with Gasteiger partial charge in [-0.25, -0.2) is 0 Å². The van der Waals surface area contributed by atoms with E-state index in [1.807, 2.05) is 13.0 Å². The molecule has 1 aromatic rings. The smallest absolute Gasteiger partial charge is 0.312 e. The molecule has 0 bridgehead atoms. The summed E-state index contributed by atoms with van der Waals surface area (Å²) >= 11 is 0. The Morgan fingerprint density at radius 3 is 2.45 bits per heavy atom. The van der Waals surface area contributed by atoms with Gasteiger partial charge in [-0.05, 0) is 11.5 Å². The van der Waals surface area contributed by atoms with Gasteiger partial charge in [0, 0.05) is 13.0 Å². The van der Waals surface area contributed by atoms with Crippen molar-refractivity contribution in [1.82, 2.24) is 5.32 Å². The van der Waals surface area contributed by atoms with Crippen molar-refractivity contribution in [2.75, 3.05) is 6.54 Å². The molecule has 0 spiro atoms. The molecule has 1 rings (SSSR count). The van der Waals surface area contributed by atoms with Crippen molar-refractivity contribution < 1.29 is 14.7 Å². The van der Waals surface area contributed by atoms with Crippen LogP contribution in [-0.4, -0.2) is 23.5 Å². The normalized spacial score (nSPS) is 13.5. The van der Waals surface area contributed by atoms with E-state index in [4.69, 9.17) is 0 Å². The average Bonchev–Trinajstić information content (AvgIpc) is 2.40.